The molecule has 2 aromatic rings. The summed E-state index contributed by atoms with van der Waals surface area (Å²) < 4.78 is 10.9. The van der Waals surface area contributed by atoms with Gasteiger partial charge in [0.25, 0.3) is 0 Å². The highest BCUT2D eigenvalue weighted by Crippen LogP contribution is 2.23. The van der Waals surface area contributed by atoms with Crippen LogP contribution in [-0.4, -0.2) is 13.2 Å². The number of ether oxygens (including phenoxy) is 1. The quantitative estimate of drug-likeness (QED) is 0.861. The molecule has 0 spiro atoms. The second-order valence-electron chi connectivity index (χ2n) is 4.92. The zero-order chi connectivity index (χ0) is 13.7. The molecule has 0 amide bonds. The number of hydrogen-bond acceptors (Lipinski definition) is 3. The summed E-state index contributed by atoms with van der Waals surface area (Å²) >= 11 is 0. The largest absolute Gasteiger partial charge is 0.491 e. The van der Waals surface area contributed by atoms with Crippen molar-refractivity contribution < 1.29 is 9.15 Å². The molecule has 0 aliphatic heterocycles. The van der Waals surface area contributed by atoms with Crippen molar-refractivity contribution in [2.75, 3.05) is 7.05 Å². The zero-order valence-electron chi connectivity index (χ0n) is 11.7. The number of benzene rings is 1. The van der Waals surface area contributed by atoms with Crippen molar-refractivity contribution in [3.63, 3.8) is 0 Å². The summed E-state index contributed by atoms with van der Waals surface area (Å²) in [7, 11) is 1.97. The Morgan fingerprint density at radius 2 is 2.11 bits per heavy atom. The summed E-state index contributed by atoms with van der Waals surface area (Å²) in [4.78, 5) is 0. The monoisotopic (exact) mass is 259 g/mol. The fraction of sp³-hybridized carbons (Fsp3) is 0.375. The van der Waals surface area contributed by atoms with E-state index in [-0.39, 0.29) is 12.1 Å². The lowest BCUT2D eigenvalue weighted by atomic mass is 10.0. The van der Waals surface area contributed by atoms with Gasteiger partial charge in [-0.25, -0.2) is 0 Å². The molecule has 1 aromatic heterocycles. The number of likely N-dealkylation sites (N-methyl/N-ethyl adjacent to an activating group) is 1. The Hall–Kier alpha value is -1.74. The molecule has 0 aliphatic rings. The number of rotatable bonds is 6. The van der Waals surface area contributed by atoms with E-state index in [0.717, 1.165) is 12.2 Å². The molecule has 1 N–H and O–H groups in total. The number of furan rings is 1. The van der Waals surface area contributed by atoms with Crippen molar-refractivity contribution in [2.24, 2.45) is 0 Å². The highest BCUT2D eigenvalue weighted by Gasteiger charge is 2.12. The van der Waals surface area contributed by atoms with Gasteiger partial charge in [0.2, 0.25) is 0 Å². The minimum Gasteiger partial charge on any atom is -0.491 e. The molecule has 2 rings (SSSR count). The molecule has 0 aliphatic carbocycles. The second-order valence-corrected chi connectivity index (χ2v) is 4.92. The smallest absolute Gasteiger partial charge is 0.120 e. The van der Waals surface area contributed by atoms with E-state index in [0.29, 0.717) is 0 Å². The molecule has 1 aromatic carbocycles. The van der Waals surface area contributed by atoms with Crippen LogP contribution in [0.5, 0.6) is 5.75 Å². The van der Waals surface area contributed by atoms with E-state index in [1.54, 1.807) is 12.5 Å². The van der Waals surface area contributed by atoms with E-state index in [2.05, 4.69) is 17.4 Å². The van der Waals surface area contributed by atoms with Crippen molar-refractivity contribution in [1.82, 2.24) is 5.32 Å². The number of nitrogens with one attached hydrogen (secondary N) is 1. The van der Waals surface area contributed by atoms with Crippen LogP contribution in [0.25, 0.3) is 0 Å². The molecule has 1 heterocycles. The first-order valence-corrected chi connectivity index (χ1v) is 6.64. The molecule has 0 saturated carbocycles. The summed E-state index contributed by atoms with van der Waals surface area (Å²) in [5.41, 5.74) is 2.41. The average molecular weight is 259 g/mol. The predicted octanol–water partition coefficient (Wildman–Crippen LogP) is 3.57. The predicted molar refractivity (Wildman–Crippen MR) is 76.4 cm³/mol. The molecule has 3 nitrogen and oxygen atoms in total. The SMILES string of the molecule is CNC(Cc1ccoc1)c1cccc(OC(C)C)c1. The maximum atomic E-state index is 5.74. The first-order valence-electron chi connectivity index (χ1n) is 6.64. The third-order valence-corrected chi connectivity index (χ3v) is 3.00. The first kappa shape index (κ1) is 13.7. The van der Waals surface area contributed by atoms with Crippen LogP contribution in [0.3, 0.4) is 0 Å². The Morgan fingerprint density at radius 1 is 1.26 bits per heavy atom. The van der Waals surface area contributed by atoms with Crippen LogP contribution in [0.2, 0.25) is 0 Å². The Balaban J connectivity index is 2.13. The molecule has 102 valence electrons. The van der Waals surface area contributed by atoms with Gasteiger partial charge < -0.3 is 14.5 Å². The van der Waals surface area contributed by atoms with E-state index >= 15 is 0 Å². The maximum absolute atomic E-state index is 5.74. The maximum Gasteiger partial charge on any atom is 0.120 e. The first-order chi connectivity index (χ1) is 9.19. The van der Waals surface area contributed by atoms with Crippen LogP contribution >= 0.6 is 0 Å². The molecule has 1 atom stereocenters. The van der Waals surface area contributed by atoms with Crippen LogP contribution in [0.4, 0.5) is 0 Å². The van der Waals surface area contributed by atoms with Crippen LogP contribution < -0.4 is 10.1 Å². The average Bonchev–Trinajstić information content (AvgIpc) is 2.88. The molecule has 0 bridgehead atoms. The fourth-order valence-corrected chi connectivity index (χ4v) is 2.11. The zero-order valence-corrected chi connectivity index (χ0v) is 11.7. The molecule has 3 heteroatoms. The minimum atomic E-state index is 0.192. The normalized spacial score (nSPS) is 12.6. The summed E-state index contributed by atoms with van der Waals surface area (Å²) in [6.45, 7) is 4.07. The number of hydrogen-bond donors (Lipinski definition) is 1. The Bertz CT molecular complexity index is 491. The van der Waals surface area contributed by atoms with Gasteiger partial charge in [-0.1, -0.05) is 12.1 Å². The lowest BCUT2D eigenvalue weighted by Gasteiger charge is -2.17. The molecule has 0 saturated heterocycles. The highest BCUT2D eigenvalue weighted by molar-refractivity contribution is 5.31. The van der Waals surface area contributed by atoms with Gasteiger partial charge in [0, 0.05) is 6.04 Å². The van der Waals surface area contributed by atoms with Gasteiger partial charge in [-0.15, -0.1) is 0 Å². The van der Waals surface area contributed by atoms with E-state index in [1.165, 1.54) is 11.1 Å². The van der Waals surface area contributed by atoms with E-state index in [4.69, 9.17) is 9.15 Å². The van der Waals surface area contributed by atoms with Crippen molar-refractivity contribution in [3.05, 3.63) is 54.0 Å². The third-order valence-electron chi connectivity index (χ3n) is 3.00. The minimum absolute atomic E-state index is 0.192. The van der Waals surface area contributed by atoms with Crippen LogP contribution in [0.15, 0.2) is 47.3 Å². The van der Waals surface area contributed by atoms with E-state index < -0.39 is 0 Å². The molecule has 1 unspecified atom stereocenters. The summed E-state index contributed by atoms with van der Waals surface area (Å²) in [5, 5.41) is 3.34. The van der Waals surface area contributed by atoms with E-state index in [1.807, 2.05) is 39.1 Å². The fourth-order valence-electron chi connectivity index (χ4n) is 2.11. The van der Waals surface area contributed by atoms with Gasteiger partial charge >= 0.3 is 0 Å². The summed E-state index contributed by atoms with van der Waals surface area (Å²) in [5.74, 6) is 0.917. The highest BCUT2D eigenvalue weighted by atomic mass is 16.5. The summed E-state index contributed by atoms with van der Waals surface area (Å²) in [6.07, 6.45) is 4.59. The van der Waals surface area contributed by atoms with Gasteiger partial charge in [0.15, 0.2) is 0 Å². The Labute approximate surface area is 114 Å². The van der Waals surface area contributed by atoms with Crippen LogP contribution in [0.1, 0.15) is 31.0 Å². The Kier molecular flexibility index (Phi) is 4.63. The van der Waals surface area contributed by atoms with Crippen LogP contribution in [-0.2, 0) is 6.42 Å². The van der Waals surface area contributed by atoms with Crippen molar-refractivity contribution in [2.45, 2.75) is 32.4 Å². The van der Waals surface area contributed by atoms with Gasteiger partial charge in [-0.2, -0.15) is 0 Å². The molecular weight excluding hydrogens is 238 g/mol. The van der Waals surface area contributed by atoms with Crippen molar-refractivity contribution >= 4 is 0 Å². The van der Waals surface area contributed by atoms with Crippen molar-refractivity contribution in [3.8, 4) is 5.75 Å². The van der Waals surface area contributed by atoms with Gasteiger partial charge in [0.05, 0.1) is 18.6 Å². The summed E-state index contributed by atoms with van der Waals surface area (Å²) in [6, 6.07) is 10.5. The second kappa shape index (κ2) is 6.43. The molecule has 0 fully saturated rings. The molecular formula is C16H21NO2. The Morgan fingerprint density at radius 3 is 2.74 bits per heavy atom. The van der Waals surface area contributed by atoms with E-state index in [9.17, 15) is 0 Å². The van der Waals surface area contributed by atoms with Crippen LogP contribution in [0, 0.1) is 0 Å². The van der Waals surface area contributed by atoms with Crippen molar-refractivity contribution in [1.29, 1.82) is 0 Å². The standard InChI is InChI=1S/C16H21NO2/c1-12(2)19-15-6-4-5-14(10-15)16(17-3)9-13-7-8-18-11-13/h4-8,10-12,16-17H,9H2,1-3H3. The third kappa shape index (κ3) is 3.86. The van der Waals surface area contributed by atoms with Gasteiger partial charge in [-0.3, -0.25) is 0 Å². The lowest BCUT2D eigenvalue weighted by molar-refractivity contribution is 0.242. The van der Waals surface area contributed by atoms with Gasteiger partial charge in [-0.05, 0) is 56.6 Å². The molecule has 0 radical (unpaired) electrons. The van der Waals surface area contributed by atoms with Gasteiger partial charge in [0.1, 0.15) is 5.75 Å². The molecule has 19 heavy (non-hydrogen) atoms. The lowest BCUT2D eigenvalue weighted by Crippen LogP contribution is -2.18. The topological polar surface area (TPSA) is 34.4 Å².